The average Bonchev–Trinajstić information content (AvgIpc) is 3.28. The van der Waals surface area contributed by atoms with Gasteiger partial charge in [-0.1, -0.05) is 46.3 Å². The first kappa shape index (κ1) is 22.9. The number of hydrogen-bond acceptors (Lipinski definition) is 6. The van der Waals surface area contributed by atoms with E-state index in [0.29, 0.717) is 17.0 Å². The molecular formula is C24H18BrN5O4. The number of nitro groups is 1. The van der Waals surface area contributed by atoms with Crippen molar-refractivity contribution >= 4 is 33.7 Å². The van der Waals surface area contributed by atoms with E-state index in [1.165, 1.54) is 30.5 Å². The zero-order valence-electron chi connectivity index (χ0n) is 17.7. The molecule has 170 valence electrons. The summed E-state index contributed by atoms with van der Waals surface area (Å²) in [6.45, 7) is -0.294. The second-order valence-corrected chi connectivity index (χ2v) is 7.97. The second kappa shape index (κ2) is 10.5. The number of para-hydroxylation sites is 1. The predicted molar refractivity (Wildman–Crippen MR) is 131 cm³/mol. The molecule has 0 saturated heterocycles. The van der Waals surface area contributed by atoms with Crippen molar-refractivity contribution in [1.29, 1.82) is 0 Å². The van der Waals surface area contributed by atoms with Crippen LogP contribution in [0.2, 0.25) is 0 Å². The fourth-order valence-corrected chi connectivity index (χ4v) is 3.31. The summed E-state index contributed by atoms with van der Waals surface area (Å²) in [5.41, 5.74) is 5.57. The molecule has 0 saturated carbocycles. The SMILES string of the molecule is O=C(COc1ccc([N+](=O)[O-])cc1)N/N=C/c1cn(-c2ccccc2)nc1-c1ccc(Br)cc1. The molecule has 0 aliphatic rings. The molecule has 1 N–H and O–H groups in total. The van der Waals surface area contributed by atoms with Crippen LogP contribution >= 0.6 is 15.9 Å². The van der Waals surface area contributed by atoms with Gasteiger partial charge in [-0.2, -0.15) is 10.2 Å². The molecule has 3 aromatic carbocycles. The molecule has 1 aromatic heterocycles. The maximum absolute atomic E-state index is 12.1. The molecular weight excluding hydrogens is 502 g/mol. The number of rotatable bonds is 8. The number of amides is 1. The first-order chi connectivity index (χ1) is 16.5. The van der Waals surface area contributed by atoms with Crippen molar-refractivity contribution in [2.24, 2.45) is 5.10 Å². The van der Waals surface area contributed by atoms with Crippen molar-refractivity contribution in [3.05, 3.63) is 105 Å². The van der Waals surface area contributed by atoms with Crippen LogP contribution in [0.1, 0.15) is 5.56 Å². The summed E-state index contributed by atoms with van der Waals surface area (Å²) in [5.74, 6) is -0.137. The number of halogens is 1. The van der Waals surface area contributed by atoms with Gasteiger partial charge in [-0.3, -0.25) is 14.9 Å². The Morgan fingerprint density at radius 2 is 1.79 bits per heavy atom. The first-order valence-electron chi connectivity index (χ1n) is 10.1. The van der Waals surface area contributed by atoms with Gasteiger partial charge in [-0.15, -0.1) is 0 Å². The highest BCUT2D eigenvalue weighted by atomic mass is 79.9. The number of hydrogen-bond donors (Lipinski definition) is 1. The van der Waals surface area contributed by atoms with E-state index in [-0.39, 0.29) is 12.3 Å². The Bertz CT molecular complexity index is 1320. The van der Waals surface area contributed by atoms with Gasteiger partial charge in [0.1, 0.15) is 11.4 Å². The van der Waals surface area contributed by atoms with E-state index in [0.717, 1.165) is 15.7 Å². The number of hydrazone groups is 1. The Morgan fingerprint density at radius 1 is 1.09 bits per heavy atom. The Labute approximate surface area is 203 Å². The van der Waals surface area contributed by atoms with Crippen LogP contribution < -0.4 is 10.2 Å². The van der Waals surface area contributed by atoms with Gasteiger partial charge in [-0.25, -0.2) is 10.1 Å². The summed E-state index contributed by atoms with van der Waals surface area (Å²) >= 11 is 3.44. The first-order valence-corrected chi connectivity index (χ1v) is 10.9. The smallest absolute Gasteiger partial charge is 0.277 e. The Hall–Kier alpha value is -4.31. The van der Waals surface area contributed by atoms with Crippen LogP contribution in [0.15, 0.2) is 94.6 Å². The van der Waals surface area contributed by atoms with Crippen LogP contribution in [0.3, 0.4) is 0 Å². The lowest BCUT2D eigenvalue weighted by atomic mass is 10.1. The summed E-state index contributed by atoms with van der Waals surface area (Å²) in [7, 11) is 0. The molecule has 0 aliphatic carbocycles. The lowest BCUT2D eigenvalue weighted by Crippen LogP contribution is -2.24. The number of ether oxygens (including phenoxy) is 1. The molecule has 1 amide bonds. The lowest BCUT2D eigenvalue weighted by Gasteiger charge is -2.04. The highest BCUT2D eigenvalue weighted by molar-refractivity contribution is 9.10. The van der Waals surface area contributed by atoms with Gasteiger partial charge < -0.3 is 4.74 Å². The van der Waals surface area contributed by atoms with Gasteiger partial charge in [0.05, 0.1) is 16.8 Å². The molecule has 1 heterocycles. The number of carbonyl (C=O) groups is 1. The molecule has 4 rings (SSSR count). The monoisotopic (exact) mass is 519 g/mol. The maximum Gasteiger partial charge on any atom is 0.277 e. The number of non-ortho nitro benzene ring substituents is 1. The number of nitro benzene ring substituents is 1. The third kappa shape index (κ3) is 5.73. The number of aromatic nitrogens is 2. The van der Waals surface area contributed by atoms with E-state index < -0.39 is 10.8 Å². The van der Waals surface area contributed by atoms with Gasteiger partial charge in [0.25, 0.3) is 11.6 Å². The fraction of sp³-hybridized carbons (Fsp3) is 0.0417. The molecule has 0 bridgehead atoms. The van der Waals surface area contributed by atoms with E-state index in [9.17, 15) is 14.9 Å². The number of nitrogens with one attached hydrogen (secondary N) is 1. The van der Waals surface area contributed by atoms with Gasteiger partial charge in [0.2, 0.25) is 0 Å². The molecule has 9 nitrogen and oxygen atoms in total. The summed E-state index contributed by atoms with van der Waals surface area (Å²) in [5, 5.41) is 19.4. The van der Waals surface area contributed by atoms with Crippen molar-refractivity contribution in [3.63, 3.8) is 0 Å². The molecule has 0 radical (unpaired) electrons. The van der Waals surface area contributed by atoms with Gasteiger partial charge in [0, 0.05) is 33.9 Å². The van der Waals surface area contributed by atoms with Crippen LogP contribution in [-0.4, -0.2) is 33.4 Å². The summed E-state index contributed by atoms with van der Waals surface area (Å²) in [6.07, 6.45) is 3.35. The minimum atomic E-state index is -0.506. The third-order valence-electron chi connectivity index (χ3n) is 4.69. The number of carbonyl (C=O) groups excluding carboxylic acids is 1. The van der Waals surface area contributed by atoms with E-state index in [1.807, 2.05) is 60.8 Å². The van der Waals surface area contributed by atoms with Crippen LogP contribution in [0.4, 0.5) is 5.69 Å². The van der Waals surface area contributed by atoms with Crippen molar-refractivity contribution in [2.75, 3.05) is 6.61 Å². The molecule has 34 heavy (non-hydrogen) atoms. The summed E-state index contributed by atoms with van der Waals surface area (Å²) in [6, 6.07) is 22.9. The standard InChI is InChI=1S/C24H18BrN5O4/c25-19-8-6-17(7-9-19)24-18(15-29(28-24)20-4-2-1-3-5-20)14-26-27-23(31)16-34-22-12-10-21(11-13-22)30(32)33/h1-15H,16H2,(H,27,31)/b26-14+. The van der Waals surface area contributed by atoms with Gasteiger partial charge >= 0.3 is 0 Å². The van der Waals surface area contributed by atoms with E-state index in [4.69, 9.17) is 9.84 Å². The molecule has 0 aliphatic heterocycles. The number of benzene rings is 3. The minimum Gasteiger partial charge on any atom is -0.484 e. The lowest BCUT2D eigenvalue weighted by molar-refractivity contribution is -0.384. The summed E-state index contributed by atoms with van der Waals surface area (Å²) < 4.78 is 8.04. The normalized spacial score (nSPS) is 10.9. The van der Waals surface area contributed by atoms with Crippen LogP contribution in [0.25, 0.3) is 16.9 Å². The van der Waals surface area contributed by atoms with Crippen molar-refractivity contribution in [2.45, 2.75) is 0 Å². The predicted octanol–water partition coefficient (Wildman–Crippen LogP) is 4.74. The molecule has 0 spiro atoms. The van der Waals surface area contributed by atoms with Crippen LogP contribution in [0, 0.1) is 10.1 Å². The Kier molecular flexibility index (Phi) is 7.09. The summed E-state index contributed by atoms with van der Waals surface area (Å²) in [4.78, 5) is 22.3. The molecule has 10 heteroatoms. The van der Waals surface area contributed by atoms with Crippen molar-refractivity contribution < 1.29 is 14.5 Å². The topological polar surface area (TPSA) is 112 Å². The second-order valence-electron chi connectivity index (χ2n) is 7.05. The average molecular weight is 520 g/mol. The highest BCUT2D eigenvalue weighted by Gasteiger charge is 2.12. The van der Waals surface area contributed by atoms with E-state index in [1.54, 1.807) is 4.68 Å². The quantitative estimate of drug-likeness (QED) is 0.205. The Morgan fingerprint density at radius 3 is 2.47 bits per heavy atom. The van der Waals surface area contributed by atoms with Crippen LogP contribution in [-0.2, 0) is 4.79 Å². The minimum absolute atomic E-state index is 0.0565. The van der Waals surface area contributed by atoms with Gasteiger partial charge in [-0.05, 0) is 36.4 Å². The maximum atomic E-state index is 12.1. The molecule has 0 fully saturated rings. The van der Waals surface area contributed by atoms with Crippen molar-refractivity contribution in [1.82, 2.24) is 15.2 Å². The van der Waals surface area contributed by atoms with E-state index in [2.05, 4.69) is 26.5 Å². The van der Waals surface area contributed by atoms with E-state index >= 15 is 0 Å². The largest absolute Gasteiger partial charge is 0.484 e. The third-order valence-corrected chi connectivity index (χ3v) is 5.22. The zero-order valence-corrected chi connectivity index (χ0v) is 19.3. The highest BCUT2D eigenvalue weighted by Crippen LogP contribution is 2.24. The fourth-order valence-electron chi connectivity index (χ4n) is 3.05. The Balaban J connectivity index is 1.45. The molecule has 4 aromatic rings. The number of nitrogens with zero attached hydrogens (tertiary/aromatic N) is 4. The zero-order chi connectivity index (χ0) is 23.9. The molecule has 0 unspecified atom stereocenters. The van der Waals surface area contributed by atoms with Gasteiger partial charge in [0.15, 0.2) is 6.61 Å². The van der Waals surface area contributed by atoms with Crippen molar-refractivity contribution in [3.8, 4) is 22.7 Å². The van der Waals surface area contributed by atoms with Crippen LogP contribution in [0.5, 0.6) is 5.75 Å². The molecule has 0 atom stereocenters.